The minimum atomic E-state index is -0.800. The van der Waals surface area contributed by atoms with Crippen LogP contribution in [0.2, 0.25) is 0 Å². The molecule has 284 valence electrons. The molecule has 1 N–H and O–H groups in total. The van der Waals surface area contributed by atoms with Crippen molar-refractivity contribution in [3.8, 4) is 16.9 Å². The second kappa shape index (κ2) is 13.8. The first-order chi connectivity index (χ1) is 26.6. The highest BCUT2D eigenvalue weighted by atomic mass is 19.1. The second-order valence-corrected chi connectivity index (χ2v) is 14.2. The first-order valence-electron chi connectivity index (χ1n) is 18.1. The lowest BCUT2D eigenvalue weighted by Crippen LogP contribution is -2.47. The van der Waals surface area contributed by atoms with Gasteiger partial charge in [-0.15, -0.1) is 0 Å². The van der Waals surface area contributed by atoms with E-state index in [9.17, 15) is 9.18 Å². The average Bonchev–Trinajstić information content (AvgIpc) is 3.88. The van der Waals surface area contributed by atoms with Crippen LogP contribution in [0.15, 0.2) is 54.7 Å². The van der Waals surface area contributed by atoms with Crippen LogP contribution in [0.5, 0.6) is 0 Å². The SMILES string of the molecule is CO[C@H]1CN(C)C(=O)[C@@H]2C[C@@H](CN2c2nc(N3CCOCC3)nc3c2cnn3-c2ccc(F)cc2F)Nc2cccc(n2)-c2cc(F)cc3nc(C)n(c23)C1. The van der Waals surface area contributed by atoms with E-state index in [0.717, 1.165) is 11.6 Å². The number of nitrogens with one attached hydrogen (secondary N) is 1. The summed E-state index contributed by atoms with van der Waals surface area (Å²) < 4.78 is 59.1. The molecule has 1 amide bonds. The van der Waals surface area contributed by atoms with Crippen molar-refractivity contribution in [2.45, 2.75) is 38.1 Å². The van der Waals surface area contributed by atoms with E-state index in [1.54, 1.807) is 25.3 Å². The van der Waals surface area contributed by atoms with Crippen molar-refractivity contribution in [1.29, 1.82) is 0 Å². The van der Waals surface area contributed by atoms with Crippen molar-refractivity contribution in [2.24, 2.45) is 0 Å². The van der Waals surface area contributed by atoms with E-state index >= 15 is 8.78 Å². The third-order valence-corrected chi connectivity index (χ3v) is 10.6. The van der Waals surface area contributed by atoms with E-state index in [0.29, 0.717) is 97.0 Å². The van der Waals surface area contributed by atoms with E-state index in [1.807, 2.05) is 39.5 Å². The molecule has 2 saturated heterocycles. The maximum Gasteiger partial charge on any atom is 0.245 e. The van der Waals surface area contributed by atoms with Gasteiger partial charge in [0.05, 0.1) is 54.2 Å². The van der Waals surface area contributed by atoms with Gasteiger partial charge < -0.3 is 34.1 Å². The van der Waals surface area contributed by atoms with Gasteiger partial charge >= 0.3 is 0 Å². The van der Waals surface area contributed by atoms with Crippen LogP contribution in [0.25, 0.3) is 39.0 Å². The lowest BCUT2D eigenvalue weighted by molar-refractivity contribution is -0.132. The molecule has 6 aromatic rings. The molecule has 4 aromatic heterocycles. The Labute approximate surface area is 313 Å². The van der Waals surface area contributed by atoms with Crippen LogP contribution < -0.4 is 15.1 Å². The summed E-state index contributed by atoms with van der Waals surface area (Å²) in [5.41, 5.74) is 2.71. The molecule has 4 bridgehead atoms. The maximum absolute atomic E-state index is 15.2. The molecule has 0 spiro atoms. The fourth-order valence-corrected chi connectivity index (χ4v) is 7.95. The first-order valence-corrected chi connectivity index (χ1v) is 18.1. The van der Waals surface area contributed by atoms with Gasteiger partial charge in [-0.25, -0.2) is 27.8 Å². The molecule has 0 unspecified atom stereocenters. The monoisotopic (exact) mass is 753 g/mol. The molecule has 0 saturated carbocycles. The number of nitrogens with zero attached hydrogens (tertiary/aromatic N) is 10. The highest BCUT2D eigenvalue weighted by Gasteiger charge is 2.41. The fraction of sp³-hybridized carbons (Fsp3) is 0.368. The number of imidazole rings is 1. The normalized spacial score (nSPS) is 20.6. The summed E-state index contributed by atoms with van der Waals surface area (Å²) in [4.78, 5) is 39.8. The summed E-state index contributed by atoms with van der Waals surface area (Å²) in [6.07, 6.45) is 1.49. The molecule has 7 heterocycles. The summed E-state index contributed by atoms with van der Waals surface area (Å²) in [5.74, 6) is -0.0544. The Balaban J connectivity index is 1.17. The van der Waals surface area contributed by atoms with Gasteiger partial charge in [0, 0.05) is 64.1 Å². The molecule has 3 aliphatic heterocycles. The quantitative estimate of drug-likeness (QED) is 0.276. The number of carbonyl (C=O) groups excluding carboxylic acids is 1. The number of ether oxygens (including phenoxy) is 2. The molecule has 0 aliphatic carbocycles. The number of carbonyl (C=O) groups is 1. The molecule has 14 nitrogen and oxygen atoms in total. The third kappa shape index (κ3) is 6.26. The molecule has 3 aliphatic rings. The summed E-state index contributed by atoms with van der Waals surface area (Å²) in [6, 6.07) is 10.7. The number of fused-ring (bicyclic) bond motifs is 6. The zero-order valence-electron chi connectivity index (χ0n) is 30.4. The maximum atomic E-state index is 15.2. The van der Waals surface area contributed by atoms with Crippen LogP contribution in [0.1, 0.15) is 12.2 Å². The fourth-order valence-electron chi connectivity index (χ4n) is 7.95. The number of rotatable bonds is 4. The molecule has 55 heavy (non-hydrogen) atoms. The topological polar surface area (TPSA) is 132 Å². The number of methoxy groups -OCH3 is 1. The Morgan fingerprint density at radius 3 is 2.58 bits per heavy atom. The van der Waals surface area contributed by atoms with Crippen molar-refractivity contribution in [2.75, 3.05) is 68.7 Å². The summed E-state index contributed by atoms with van der Waals surface area (Å²) >= 11 is 0. The van der Waals surface area contributed by atoms with Crippen molar-refractivity contribution in [3.05, 3.63) is 78.0 Å². The number of likely N-dealkylation sites (N-methyl/N-ethyl adjacent to an activating group) is 1. The number of aromatic nitrogens is 7. The number of anilines is 3. The third-order valence-electron chi connectivity index (χ3n) is 10.6. The van der Waals surface area contributed by atoms with Crippen LogP contribution in [0.4, 0.5) is 30.8 Å². The van der Waals surface area contributed by atoms with E-state index in [-0.39, 0.29) is 24.2 Å². The standard InChI is InChI=1S/C38H38F3N11O3/c1-21-43-30-15-23(40)13-26-29-5-4-6-33(45-29)44-24-16-32(37(53)48(2)19-25(54-3)20-50(21)34(26)30)51(18-24)35-27-17-42-52(31-8-7-22(39)14-28(31)41)36(27)47-38(46-35)49-9-11-55-12-10-49/h4-8,13-15,17,24-25,32H,9-12,16,18-20H2,1-3H3,(H,44,45)/t24-,25-,32-/m0/s1. The minimum Gasteiger partial charge on any atom is -0.378 e. The largest absolute Gasteiger partial charge is 0.378 e. The average molecular weight is 754 g/mol. The highest BCUT2D eigenvalue weighted by Crippen LogP contribution is 2.36. The van der Waals surface area contributed by atoms with Crippen LogP contribution in [-0.4, -0.2) is 117 Å². The Morgan fingerprint density at radius 2 is 1.78 bits per heavy atom. The van der Waals surface area contributed by atoms with Crippen LogP contribution >= 0.6 is 0 Å². The second-order valence-electron chi connectivity index (χ2n) is 14.2. The van der Waals surface area contributed by atoms with Gasteiger partial charge in [-0.2, -0.15) is 15.1 Å². The molecule has 0 radical (unpaired) electrons. The number of aryl methyl sites for hydroxylation is 1. The Bertz CT molecular complexity index is 2450. The first kappa shape index (κ1) is 34.9. The highest BCUT2D eigenvalue weighted by molar-refractivity contribution is 5.94. The minimum absolute atomic E-state index is 0.0205. The van der Waals surface area contributed by atoms with Crippen molar-refractivity contribution >= 4 is 45.6 Å². The van der Waals surface area contributed by atoms with Gasteiger partial charge in [-0.3, -0.25) is 4.79 Å². The molecular formula is C38H38F3N11O3. The Morgan fingerprint density at radius 1 is 0.945 bits per heavy atom. The van der Waals surface area contributed by atoms with Gasteiger partial charge in [0.1, 0.15) is 40.8 Å². The van der Waals surface area contributed by atoms with Gasteiger partial charge in [0.2, 0.25) is 11.9 Å². The molecular weight excluding hydrogens is 715 g/mol. The molecule has 2 fully saturated rings. The lowest BCUT2D eigenvalue weighted by Gasteiger charge is -2.32. The predicted molar refractivity (Wildman–Crippen MR) is 199 cm³/mol. The molecule has 9 rings (SSSR count). The zero-order chi connectivity index (χ0) is 38.0. The number of halogens is 3. The van der Waals surface area contributed by atoms with Gasteiger partial charge in [0.25, 0.3) is 0 Å². The van der Waals surface area contributed by atoms with Gasteiger partial charge in [-0.1, -0.05) is 6.07 Å². The van der Waals surface area contributed by atoms with Gasteiger partial charge in [0.15, 0.2) is 11.5 Å². The number of hydrogen-bond acceptors (Lipinski definition) is 11. The van der Waals surface area contributed by atoms with E-state index in [1.165, 1.54) is 28.9 Å². The Kier molecular flexibility index (Phi) is 8.76. The number of pyridine rings is 1. The zero-order valence-corrected chi connectivity index (χ0v) is 30.4. The van der Waals surface area contributed by atoms with E-state index in [4.69, 9.17) is 24.4 Å². The number of benzene rings is 2. The van der Waals surface area contributed by atoms with Crippen LogP contribution in [0, 0.1) is 24.4 Å². The molecule has 2 aromatic carbocycles. The van der Waals surface area contributed by atoms with Crippen molar-refractivity contribution < 1.29 is 27.4 Å². The van der Waals surface area contributed by atoms with E-state index < -0.39 is 29.6 Å². The number of hydrogen-bond donors (Lipinski definition) is 1. The van der Waals surface area contributed by atoms with Gasteiger partial charge in [-0.05, 0) is 43.7 Å². The summed E-state index contributed by atoms with van der Waals surface area (Å²) in [6.45, 7) is 4.78. The lowest BCUT2D eigenvalue weighted by atomic mass is 10.1. The van der Waals surface area contributed by atoms with Crippen molar-refractivity contribution in [1.82, 2.24) is 39.2 Å². The van der Waals surface area contributed by atoms with Crippen molar-refractivity contribution in [3.63, 3.8) is 0 Å². The molecule has 3 atom stereocenters. The number of amides is 1. The smallest absolute Gasteiger partial charge is 0.245 e. The molecule has 17 heteroatoms. The van der Waals surface area contributed by atoms with Crippen LogP contribution in [-0.2, 0) is 20.8 Å². The summed E-state index contributed by atoms with van der Waals surface area (Å²) in [7, 11) is 3.35. The number of morpholine rings is 1. The Hall–Kier alpha value is -5.81. The predicted octanol–water partition coefficient (Wildman–Crippen LogP) is 4.34. The van der Waals surface area contributed by atoms with E-state index in [2.05, 4.69) is 15.4 Å². The van der Waals surface area contributed by atoms with Crippen LogP contribution in [0.3, 0.4) is 0 Å². The summed E-state index contributed by atoms with van der Waals surface area (Å²) in [5, 5.41) is 8.54.